The topological polar surface area (TPSA) is 114 Å². The van der Waals surface area contributed by atoms with Gasteiger partial charge in [0.1, 0.15) is 24.7 Å². The van der Waals surface area contributed by atoms with Crippen molar-refractivity contribution in [2.75, 3.05) is 0 Å². The summed E-state index contributed by atoms with van der Waals surface area (Å²) in [4.78, 5) is 51.3. The first-order chi connectivity index (χ1) is 19.9. The van der Waals surface area contributed by atoms with Gasteiger partial charge in [-0.2, -0.15) is 0 Å². The van der Waals surface area contributed by atoms with E-state index in [1.54, 1.807) is 0 Å². The van der Waals surface area contributed by atoms with E-state index >= 15 is 0 Å². The average Bonchev–Trinajstić information content (AvgIpc) is 3.01. The summed E-state index contributed by atoms with van der Waals surface area (Å²) < 4.78 is 5.57. The van der Waals surface area contributed by atoms with Crippen LogP contribution in [0.1, 0.15) is 43.4 Å². The molecule has 216 valence electrons. The minimum atomic E-state index is -0.959. The van der Waals surface area contributed by atoms with Crippen molar-refractivity contribution in [3.63, 3.8) is 0 Å². The summed E-state index contributed by atoms with van der Waals surface area (Å²) in [5.74, 6) is -1.75. The molecule has 8 heteroatoms. The standard InChI is InChI=1S/C33H39N3O5/c1-3-24(2)30(36-31(38)28(34-23-37)20-19-25-13-7-4-8-14-25)32(39)35-29(21-26-15-9-5-10-16-26)33(40)41-22-27-17-11-6-12-18-27/h4-18,23-24,28-30H,3,19-22H2,1-2H3,(H,34,37)(H,35,39)(H,36,38)/t24?,28-,29-,30?/m0/s1. The van der Waals surface area contributed by atoms with Crippen molar-refractivity contribution in [1.29, 1.82) is 0 Å². The van der Waals surface area contributed by atoms with Crippen LogP contribution in [0.2, 0.25) is 0 Å². The van der Waals surface area contributed by atoms with Gasteiger partial charge < -0.3 is 20.7 Å². The zero-order valence-electron chi connectivity index (χ0n) is 23.6. The molecule has 4 atom stereocenters. The Balaban J connectivity index is 1.72. The van der Waals surface area contributed by atoms with Crippen LogP contribution in [0.5, 0.6) is 0 Å². The fourth-order valence-electron chi connectivity index (χ4n) is 4.42. The molecule has 3 rings (SSSR count). The van der Waals surface area contributed by atoms with E-state index in [0.717, 1.165) is 16.7 Å². The molecule has 2 unspecified atom stereocenters. The summed E-state index contributed by atoms with van der Waals surface area (Å²) in [6, 6.07) is 25.6. The molecule has 0 aliphatic heterocycles. The molecule has 3 aromatic carbocycles. The Morgan fingerprint density at radius 2 is 1.32 bits per heavy atom. The van der Waals surface area contributed by atoms with Gasteiger partial charge in [0.15, 0.2) is 0 Å². The van der Waals surface area contributed by atoms with Crippen LogP contribution < -0.4 is 16.0 Å². The lowest BCUT2D eigenvalue weighted by atomic mass is 9.96. The first-order valence-corrected chi connectivity index (χ1v) is 14.0. The van der Waals surface area contributed by atoms with Gasteiger partial charge in [0.2, 0.25) is 18.2 Å². The van der Waals surface area contributed by atoms with E-state index in [2.05, 4.69) is 16.0 Å². The van der Waals surface area contributed by atoms with Gasteiger partial charge in [0.05, 0.1) is 0 Å². The Morgan fingerprint density at radius 1 is 0.756 bits per heavy atom. The Bertz CT molecular complexity index is 1240. The van der Waals surface area contributed by atoms with Gasteiger partial charge in [0.25, 0.3) is 0 Å². The third-order valence-electron chi connectivity index (χ3n) is 7.05. The van der Waals surface area contributed by atoms with Gasteiger partial charge in [-0.15, -0.1) is 0 Å². The second-order valence-corrected chi connectivity index (χ2v) is 10.1. The van der Waals surface area contributed by atoms with Gasteiger partial charge in [-0.25, -0.2) is 4.79 Å². The Morgan fingerprint density at radius 3 is 1.88 bits per heavy atom. The fourth-order valence-corrected chi connectivity index (χ4v) is 4.42. The van der Waals surface area contributed by atoms with E-state index in [1.807, 2.05) is 105 Å². The minimum Gasteiger partial charge on any atom is -0.459 e. The first-order valence-electron chi connectivity index (χ1n) is 14.0. The van der Waals surface area contributed by atoms with Gasteiger partial charge >= 0.3 is 5.97 Å². The predicted molar refractivity (Wildman–Crippen MR) is 157 cm³/mol. The normalized spacial score (nSPS) is 13.6. The lowest BCUT2D eigenvalue weighted by Gasteiger charge is -2.28. The predicted octanol–water partition coefficient (Wildman–Crippen LogP) is 3.74. The molecule has 0 spiro atoms. The average molecular weight is 558 g/mol. The summed E-state index contributed by atoms with van der Waals surface area (Å²) in [6.07, 6.45) is 2.27. The zero-order valence-corrected chi connectivity index (χ0v) is 23.6. The lowest BCUT2D eigenvalue weighted by molar-refractivity contribution is -0.149. The van der Waals surface area contributed by atoms with E-state index in [9.17, 15) is 19.2 Å². The number of hydrogen-bond donors (Lipinski definition) is 3. The van der Waals surface area contributed by atoms with Crippen molar-refractivity contribution in [2.45, 2.75) is 64.3 Å². The summed E-state index contributed by atoms with van der Waals surface area (Å²) in [5.41, 5.74) is 2.72. The molecule has 8 nitrogen and oxygen atoms in total. The number of rotatable bonds is 16. The highest BCUT2D eigenvalue weighted by Gasteiger charge is 2.32. The molecule has 0 aromatic heterocycles. The molecule has 0 heterocycles. The third kappa shape index (κ3) is 10.2. The Hall–Kier alpha value is -4.46. The molecule has 0 aliphatic carbocycles. The van der Waals surface area contributed by atoms with Crippen molar-refractivity contribution in [3.05, 3.63) is 108 Å². The van der Waals surface area contributed by atoms with Crippen LogP contribution in [-0.4, -0.2) is 42.3 Å². The highest BCUT2D eigenvalue weighted by Crippen LogP contribution is 2.13. The second-order valence-electron chi connectivity index (χ2n) is 10.1. The van der Waals surface area contributed by atoms with Crippen LogP contribution in [0.25, 0.3) is 0 Å². The van der Waals surface area contributed by atoms with Crippen molar-refractivity contribution >= 4 is 24.2 Å². The second kappa shape index (κ2) is 16.6. The number of nitrogens with one attached hydrogen (secondary N) is 3. The summed E-state index contributed by atoms with van der Waals surface area (Å²) in [5, 5.41) is 8.24. The number of esters is 1. The molecule has 0 aliphatic rings. The molecule has 0 saturated heterocycles. The SMILES string of the molecule is CCC(C)C(NC(=O)[C@H](CCc1ccccc1)NC=O)C(=O)N[C@@H](Cc1ccccc1)C(=O)OCc1ccccc1. The van der Waals surface area contributed by atoms with Crippen molar-refractivity contribution < 1.29 is 23.9 Å². The van der Waals surface area contributed by atoms with Gasteiger partial charge in [-0.1, -0.05) is 111 Å². The maximum Gasteiger partial charge on any atom is 0.329 e. The van der Waals surface area contributed by atoms with Gasteiger partial charge in [0, 0.05) is 6.42 Å². The highest BCUT2D eigenvalue weighted by atomic mass is 16.5. The highest BCUT2D eigenvalue weighted by molar-refractivity contribution is 5.92. The van der Waals surface area contributed by atoms with Crippen LogP contribution in [-0.2, 0) is 43.4 Å². The van der Waals surface area contributed by atoms with Gasteiger partial charge in [-0.05, 0) is 35.4 Å². The molecular formula is C33H39N3O5. The maximum absolute atomic E-state index is 13.6. The molecule has 0 saturated carbocycles. The van der Waals surface area contributed by atoms with Crippen molar-refractivity contribution in [3.8, 4) is 0 Å². The van der Waals surface area contributed by atoms with E-state index in [0.29, 0.717) is 25.7 Å². The van der Waals surface area contributed by atoms with E-state index < -0.39 is 35.9 Å². The van der Waals surface area contributed by atoms with E-state index in [4.69, 9.17) is 4.74 Å². The van der Waals surface area contributed by atoms with Crippen LogP contribution in [0.15, 0.2) is 91.0 Å². The van der Waals surface area contributed by atoms with Crippen LogP contribution in [0.4, 0.5) is 0 Å². The molecular weight excluding hydrogens is 518 g/mol. The van der Waals surface area contributed by atoms with Crippen LogP contribution in [0, 0.1) is 5.92 Å². The molecule has 0 radical (unpaired) electrons. The fraction of sp³-hybridized carbons (Fsp3) is 0.333. The number of amides is 3. The summed E-state index contributed by atoms with van der Waals surface area (Å²) >= 11 is 0. The summed E-state index contributed by atoms with van der Waals surface area (Å²) in [7, 11) is 0. The first kappa shape index (κ1) is 31.1. The van der Waals surface area contributed by atoms with Crippen molar-refractivity contribution in [1.82, 2.24) is 16.0 Å². The summed E-state index contributed by atoms with van der Waals surface area (Å²) in [6.45, 7) is 3.85. The van der Waals surface area contributed by atoms with Crippen LogP contribution in [0.3, 0.4) is 0 Å². The number of benzene rings is 3. The van der Waals surface area contributed by atoms with Crippen LogP contribution >= 0.6 is 0 Å². The maximum atomic E-state index is 13.6. The monoisotopic (exact) mass is 557 g/mol. The zero-order chi connectivity index (χ0) is 29.5. The van der Waals surface area contributed by atoms with Crippen molar-refractivity contribution in [2.24, 2.45) is 5.92 Å². The van der Waals surface area contributed by atoms with E-state index in [-0.39, 0.29) is 18.9 Å². The minimum absolute atomic E-state index is 0.0762. The van der Waals surface area contributed by atoms with Gasteiger partial charge in [-0.3, -0.25) is 14.4 Å². The molecule has 3 N–H and O–H groups in total. The number of carbonyl (C=O) groups excluding carboxylic acids is 4. The quantitative estimate of drug-likeness (QED) is 0.183. The Kier molecular flexibility index (Phi) is 12.6. The van der Waals surface area contributed by atoms with E-state index in [1.165, 1.54) is 0 Å². The number of ether oxygens (including phenoxy) is 1. The smallest absolute Gasteiger partial charge is 0.329 e. The number of hydrogen-bond acceptors (Lipinski definition) is 5. The molecule has 0 bridgehead atoms. The Labute approximate surface area is 241 Å². The molecule has 41 heavy (non-hydrogen) atoms. The number of aryl methyl sites for hydroxylation is 1. The third-order valence-corrected chi connectivity index (χ3v) is 7.05. The molecule has 3 aromatic rings. The number of carbonyl (C=O) groups is 4. The lowest BCUT2D eigenvalue weighted by Crippen LogP contribution is -2.57. The molecule has 3 amide bonds. The molecule has 0 fully saturated rings. The largest absolute Gasteiger partial charge is 0.459 e.